The molecule has 0 N–H and O–H groups in total. The molecule has 0 fully saturated rings. The summed E-state index contributed by atoms with van der Waals surface area (Å²) < 4.78 is 36.1. The van der Waals surface area contributed by atoms with E-state index in [9.17, 15) is 8.78 Å². The van der Waals surface area contributed by atoms with Gasteiger partial charge in [-0.15, -0.1) is 11.8 Å². The van der Waals surface area contributed by atoms with Crippen LogP contribution in [0.15, 0.2) is 11.0 Å². The van der Waals surface area contributed by atoms with Crippen molar-refractivity contribution in [2.45, 2.75) is 4.90 Å². The van der Waals surface area contributed by atoms with Gasteiger partial charge in [0.1, 0.15) is 0 Å². The maximum Gasteiger partial charge on any atom is 0.177 e. The first kappa shape index (κ1) is 11.1. The van der Waals surface area contributed by atoms with Gasteiger partial charge in [0, 0.05) is 6.07 Å². The van der Waals surface area contributed by atoms with Gasteiger partial charge in [0.25, 0.3) is 0 Å². The SMILES string of the molecule is COc1cc(F)c(F)c(SC)c1OC. The molecule has 0 spiro atoms. The van der Waals surface area contributed by atoms with E-state index in [4.69, 9.17) is 9.47 Å². The molecule has 78 valence electrons. The van der Waals surface area contributed by atoms with Crippen LogP contribution < -0.4 is 9.47 Å². The van der Waals surface area contributed by atoms with Crippen LogP contribution in [0.3, 0.4) is 0 Å². The summed E-state index contributed by atoms with van der Waals surface area (Å²) in [6, 6.07) is 0.966. The van der Waals surface area contributed by atoms with Gasteiger partial charge in [-0.3, -0.25) is 0 Å². The van der Waals surface area contributed by atoms with Crippen LogP contribution >= 0.6 is 11.8 Å². The fourth-order valence-corrected chi connectivity index (χ4v) is 1.74. The molecule has 0 aliphatic rings. The number of ether oxygens (including phenoxy) is 2. The Balaban J connectivity index is 3.42. The lowest BCUT2D eigenvalue weighted by molar-refractivity contribution is 0.336. The van der Waals surface area contributed by atoms with E-state index in [-0.39, 0.29) is 16.4 Å². The summed E-state index contributed by atoms with van der Waals surface area (Å²) in [7, 11) is 2.76. The van der Waals surface area contributed by atoms with Gasteiger partial charge in [-0.2, -0.15) is 0 Å². The molecule has 1 aromatic rings. The fourth-order valence-electron chi connectivity index (χ4n) is 1.09. The Morgan fingerprint density at radius 1 is 1.21 bits per heavy atom. The van der Waals surface area contributed by atoms with Crippen LogP contribution in [-0.2, 0) is 0 Å². The number of methoxy groups -OCH3 is 2. The lowest BCUT2D eigenvalue weighted by Gasteiger charge is -2.12. The van der Waals surface area contributed by atoms with Gasteiger partial charge in [0.15, 0.2) is 23.1 Å². The summed E-state index contributed by atoms with van der Waals surface area (Å²) in [6.07, 6.45) is 1.64. The van der Waals surface area contributed by atoms with E-state index in [0.29, 0.717) is 0 Å². The van der Waals surface area contributed by atoms with Crippen molar-refractivity contribution in [1.29, 1.82) is 0 Å². The summed E-state index contributed by atoms with van der Waals surface area (Å²) in [5, 5.41) is 0. The zero-order valence-corrected chi connectivity index (χ0v) is 8.87. The van der Waals surface area contributed by atoms with E-state index in [1.807, 2.05) is 0 Å². The fraction of sp³-hybridized carbons (Fsp3) is 0.333. The van der Waals surface area contributed by atoms with Crippen molar-refractivity contribution in [3.8, 4) is 11.5 Å². The second kappa shape index (κ2) is 4.50. The van der Waals surface area contributed by atoms with Gasteiger partial charge in [-0.25, -0.2) is 8.78 Å². The molecule has 5 heteroatoms. The topological polar surface area (TPSA) is 18.5 Å². The molecular formula is C9H10F2O2S. The molecule has 0 atom stereocenters. The Labute approximate surface area is 85.2 Å². The molecule has 2 nitrogen and oxygen atoms in total. The molecule has 0 saturated carbocycles. The van der Waals surface area contributed by atoms with E-state index < -0.39 is 11.6 Å². The van der Waals surface area contributed by atoms with Crippen molar-refractivity contribution in [1.82, 2.24) is 0 Å². The monoisotopic (exact) mass is 220 g/mol. The zero-order valence-electron chi connectivity index (χ0n) is 8.06. The first-order valence-electron chi connectivity index (χ1n) is 3.79. The minimum Gasteiger partial charge on any atom is -0.493 e. The van der Waals surface area contributed by atoms with Gasteiger partial charge >= 0.3 is 0 Å². The van der Waals surface area contributed by atoms with Crippen LogP contribution in [0.2, 0.25) is 0 Å². The van der Waals surface area contributed by atoms with Crippen LogP contribution in [-0.4, -0.2) is 20.5 Å². The van der Waals surface area contributed by atoms with Crippen LogP contribution in [0.5, 0.6) is 11.5 Å². The van der Waals surface area contributed by atoms with Crippen LogP contribution in [0.1, 0.15) is 0 Å². The zero-order chi connectivity index (χ0) is 10.7. The highest BCUT2D eigenvalue weighted by molar-refractivity contribution is 7.98. The largest absolute Gasteiger partial charge is 0.493 e. The van der Waals surface area contributed by atoms with Gasteiger partial charge < -0.3 is 9.47 Å². The van der Waals surface area contributed by atoms with Crippen LogP contribution in [0.4, 0.5) is 8.78 Å². The molecule has 1 rings (SSSR count). The Morgan fingerprint density at radius 3 is 2.29 bits per heavy atom. The molecule has 0 bridgehead atoms. The summed E-state index contributed by atoms with van der Waals surface area (Å²) >= 11 is 1.07. The van der Waals surface area contributed by atoms with Crippen molar-refractivity contribution >= 4 is 11.8 Å². The second-order valence-corrected chi connectivity index (χ2v) is 3.26. The van der Waals surface area contributed by atoms with Gasteiger partial charge in [0.05, 0.1) is 19.1 Å². The van der Waals surface area contributed by atoms with Crippen molar-refractivity contribution in [3.63, 3.8) is 0 Å². The predicted molar refractivity (Wildman–Crippen MR) is 51.2 cm³/mol. The van der Waals surface area contributed by atoms with Crippen molar-refractivity contribution in [3.05, 3.63) is 17.7 Å². The van der Waals surface area contributed by atoms with E-state index in [0.717, 1.165) is 17.8 Å². The standard InChI is InChI=1S/C9H10F2O2S/c1-12-6-4-5(10)7(11)9(14-3)8(6)13-2/h4H,1-3H3. The molecular weight excluding hydrogens is 210 g/mol. The highest BCUT2D eigenvalue weighted by atomic mass is 32.2. The summed E-state index contributed by atoms with van der Waals surface area (Å²) in [6.45, 7) is 0. The van der Waals surface area contributed by atoms with Crippen molar-refractivity contribution in [2.24, 2.45) is 0 Å². The normalized spacial score (nSPS) is 10.1. The highest BCUT2D eigenvalue weighted by Gasteiger charge is 2.18. The molecule has 0 aromatic heterocycles. The van der Waals surface area contributed by atoms with E-state index in [1.54, 1.807) is 6.26 Å². The highest BCUT2D eigenvalue weighted by Crippen LogP contribution is 2.39. The molecule has 0 aliphatic heterocycles. The Morgan fingerprint density at radius 2 is 1.86 bits per heavy atom. The molecule has 0 saturated heterocycles. The van der Waals surface area contributed by atoms with Gasteiger partial charge in [-0.05, 0) is 6.26 Å². The molecule has 0 radical (unpaired) electrons. The van der Waals surface area contributed by atoms with Gasteiger partial charge in [-0.1, -0.05) is 0 Å². The molecule has 0 amide bonds. The second-order valence-electron chi connectivity index (χ2n) is 2.44. The van der Waals surface area contributed by atoms with E-state index >= 15 is 0 Å². The average Bonchev–Trinajstić information content (AvgIpc) is 2.20. The summed E-state index contributed by atoms with van der Waals surface area (Å²) in [5.41, 5.74) is 0. The van der Waals surface area contributed by atoms with Gasteiger partial charge in [0.2, 0.25) is 0 Å². The van der Waals surface area contributed by atoms with Crippen molar-refractivity contribution < 1.29 is 18.3 Å². The third-order valence-electron chi connectivity index (χ3n) is 1.73. The van der Waals surface area contributed by atoms with E-state index in [1.165, 1.54) is 14.2 Å². The third kappa shape index (κ3) is 1.77. The molecule has 0 aliphatic carbocycles. The van der Waals surface area contributed by atoms with Crippen molar-refractivity contribution in [2.75, 3.05) is 20.5 Å². The minimum atomic E-state index is -0.938. The molecule has 0 heterocycles. The summed E-state index contributed by atoms with van der Waals surface area (Å²) in [5.74, 6) is -1.43. The van der Waals surface area contributed by atoms with Crippen LogP contribution in [0, 0.1) is 11.6 Å². The van der Waals surface area contributed by atoms with E-state index in [2.05, 4.69) is 0 Å². The maximum absolute atomic E-state index is 13.2. The first-order valence-corrected chi connectivity index (χ1v) is 5.02. The number of rotatable bonds is 3. The van der Waals surface area contributed by atoms with Crippen LogP contribution in [0.25, 0.3) is 0 Å². The number of halogens is 2. The average molecular weight is 220 g/mol. The number of thioether (sulfide) groups is 1. The number of benzene rings is 1. The third-order valence-corrected chi connectivity index (χ3v) is 2.50. The minimum absolute atomic E-state index is 0.115. The number of hydrogen-bond donors (Lipinski definition) is 0. The Hall–Kier alpha value is -0.970. The Bertz CT molecular complexity index is 342. The molecule has 0 unspecified atom stereocenters. The predicted octanol–water partition coefficient (Wildman–Crippen LogP) is 2.70. The lowest BCUT2D eigenvalue weighted by atomic mass is 10.3. The maximum atomic E-state index is 13.2. The Kier molecular flexibility index (Phi) is 3.57. The molecule has 1 aromatic carbocycles. The molecule has 14 heavy (non-hydrogen) atoms. The quantitative estimate of drug-likeness (QED) is 0.730. The smallest absolute Gasteiger partial charge is 0.177 e. The summed E-state index contributed by atoms with van der Waals surface area (Å²) in [4.78, 5) is 0.115. The first-order chi connectivity index (χ1) is 6.65. The lowest BCUT2D eigenvalue weighted by Crippen LogP contribution is -1.97. The number of hydrogen-bond acceptors (Lipinski definition) is 3.